The molecular weight excluding hydrogens is 155 g/mol. The zero-order chi connectivity index (χ0) is 6.57. The summed E-state index contributed by atoms with van der Waals surface area (Å²) in [4.78, 5) is 19.3. The van der Waals surface area contributed by atoms with E-state index in [1.165, 1.54) is 0 Å². The second-order valence-corrected chi connectivity index (χ2v) is 1.35. The summed E-state index contributed by atoms with van der Waals surface area (Å²) in [5.41, 5.74) is 0. The van der Waals surface area contributed by atoms with Crippen molar-refractivity contribution in [1.29, 1.82) is 0 Å². The first-order valence-electron chi connectivity index (χ1n) is 1.43. The first-order valence-corrected chi connectivity index (χ1v) is 2.19. The fraction of sp³-hybridized carbons (Fsp3) is 0. The van der Waals surface area contributed by atoms with Gasteiger partial charge >= 0.3 is 10.7 Å². The van der Waals surface area contributed by atoms with Gasteiger partial charge in [0, 0.05) is 0 Å². The Bertz CT molecular complexity index is 127. The molecule has 0 aliphatic carbocycles. The zero-order valence-corrected chi connectivity index (χ0v) is 4.98. The van der Waals surface area contributed by atoms with Crippen molar-refractivity contribution in [2.24, 2.45) is 10.2 Å². The number of amides is 2. The summed E-state index contributed by atoms with van der Waals surface area (Å²) in [5, 5.41) is 3.05. The molecule has 0 atom stereocenters. The van der Waals surface area contributed by atoms with Crippen LogP contribution in [0.3, 0.4) is 0 Å². The summed E-state index contributed by atoms with van der Waals surface area (Å²) < 4.78 is 0. The summed E-state index contributed by atoms with van der Waals surface area (Å²) in [5.74, 6) is 0. The number of carbonyl (C=O) groups excluding carboxylic acids is 2. The van der Waals surface area contributed by atoms with E-state index in [4.69, 9.17) is 0 Å². The number of halogens is 2. The minimum Gasteiger partial charge on any atom is -0.251 e. The fourth-order valence-corrected chi connectivity index (χ4v) is 0.154. The highest BCUT2D eigenvalue weighted by molar-refractivity contribution is 6.64. The van der Waals surface area contributed by atoms with Crippen LogP contribution in [-0.4, -0.2) is 10.7 Å². The largest absolute Gasteiger partial charge is 0.358 e. The highest BCUT2D eigenvalue weighted by Gasteiger charge is 1.90. The summed E-state index contributed by atoms with van der Waals surface area (Å²) in [6.45, 7) is 0. The van der Waals surface area contributed by atoms with E-state index in [0.717, 1.165) is 0 Å². The third-order valence-electron chi connectivity index (χ3n) is 0.207. The first kappa shape index (κ1) is 7.52. The first-order chi connectivity index (χ1) is 3.63. The van der Waals surface area contributed by atoms with Crippen LogP contribution in [0.15, 0.2) is 10.2 Å². The average molecular weight is 155 g/mol. The quantitative estimate of drug-likeness (QED) is 0.305. The van der Waals surface area contributed by atoms with Crippen LogP contribution < -0.4 is 0 Å². The van der Waals surface area contributed by atoms with E-state index in [2.05, 4.69) is 33.4 Å². The highest BCUT2D eigenvalue weighted by atomic mass is 35.5. The van der Waals surface area contributed by atoms with Gasteiger partial charge in [-0.15, -0.1) is 0 Å². The van der Waals surface area contributed by atoms with Gasteiger partial charge in [-0.05, 0) is 23.2 Å². The van der Waals surface area contributed by atoms with E-state index in [9.17, 15) is 9.59 Å². The molecule has 0 N–H and O–H groups in total. The Balaban J connectivity index is 3.67. The molecule has 2 amide bonds. The molecule has 6 heteroatoms. The van der Waals surface area contributed by atoms with Gasteiger partial charge in [-0.3, -0.25) is 9.59 Å². The van der Waals surface area contributed by atoms with Gasteiger partial charge in [0.25, 0.3) is 0 Å². The van der Waals surface area contributed by atoms with Gasteiger partial charge in [-0.1, -0.05) is 10.2 Å². The van der Waals surface area contributed by atoms with Gasteiger partial charge in [-0.25, -0.2) is 0 Å². The fourth-order valence-electron chi connectivity index (χ4n) is 0.0786. The van der Waals surface area contributed by atoms with Gasteiger partial charge in [0.05, 0.1) is 0 Å². The van der Waals surface area contributed by atoms with Crippen molar-refractivity contribution in [2.45, 2.75) is 0 Å². The molecule has 0 aliphatic rings. The third kappa shape index (κ3) is 5.52. The van der Waals surface area contributed by atoms with Crippen molar-refractivity contribution in [3.63, 3.8) is 0 Å². The number of rotatable bonds is 0. The second-order valence-electron chi connectivity index (χ2n) is 0.706. The van der Waals surface area contributed by atoms with E-state index in [1.807, 2.05) is 0 Å². The minimum atomic E-state index is -1.07. The van der Waals surface area contributed by atoms with Crippen LogP contribution in [0, 0.1) is 0 Å². The van der Waals surface area contributed by atoms with E-state index in [0.29, 0.717) is 0 Å². The van der Waals surface area contributed by atoms with Crippen LogP contribution in [0.5, 0.6) is 0 Å². The molecule has 0 aromatic rings. The molecule has 0 saturated carbocycles. The van der Waals surface area contributed by atoms with Gasteiger partial charge in [-0.2, -0.15) is 0 Å². The molecular formula is C2Cl2N2O2. The Morgan fingerprint density at radius 2 is 1.25 bits per heavy atom. The van der Waals surface area contributed by atoms with E-state index < -0.39 is 10.7 Å². The molecule has 0 spiro atoms. The van der Waals surface area contributed by atoms with Crippen LogP contribution >= 0.6 is 23.2 Å². The SMILES string of the molecule is O=C(Cl)N=NC(=O)Cl. The number of nitrogens with zero attached hydrogens (tertiary/aromatic N) is 2. The van der Waals surface area contributed by atoms with Crippen molar-refractivity contribution in [1.82, 2.24) is 0 Å². The van der Waals surface area contributed by atoms with E-state index in [1.54, 1.807) is 0 Å². The number of carbonyl (C=O) groups is 2. The lowest BCUT2D eigenvalue weighted by Gasteiger charge is -1.70. The second kappa shape index (κ2) is 3.51. The maximum Gasteiger partial charge on any atom is 0.358 e. The third-order valence-corrected chi connectivity index (χ3v) is 0.358. The Morgan fingerprint density at radius 3 is 1.38 bits per heavy atom. The molecule has 0 saturated heterocycles. The number of hydrogen-bond donors (Lipinski definition) is 0. The molecule has 0 fully saturated rings. The van der Waals surface area contributed by atoms with Crippen molar-refractivity contribution in [2.75, 3.05) is 0 Å². The molecule has 44 valence electrons. The zero-order valence-electron chi connectivity index (χ0n) is 3.47. The Kier molecular flexibility index (Phi) is 3.30. The molecule has 0 unspecified atom stereocenters. The standard InChI is InChI=1S/C2Cl2N2O2/c3-1(7)5-6-2(4)8. The van der Waals surface area contributed by atoms with Gasteiger partial charge in [0.1, 0.15) is 0 Å². The van der Waals surface area contributed by atoms with Crippen LogP contribution in [0.25, 0.3) is 0 Å². The van der Waals surface area contributed by atoms with E-state index in [-0.39, 0.29) is 0 Å². The van der Waals surface area contributed by atoms with Crippen LogP contribution in [0.1, 0.15) is 0 Å². The molecule has 0 radical (unpaired) electrons. The lowest BCUT2D eigenvalue weighted by molar-refractivity contribution is 0.260. The lowest BCUT2D eigenvalue weighted by atomic mass is 11.3. The Morgan fingerprint density at radius 1 is 1.00 bits per heavy atom. The minimum absolute atomic E-state index is 1.07. The maximum atomic E-state index is 9.64. The van der Waals surface area contributed by atoms with Crippen molar-refractivity contribution >= 4 is 33.9 Å². The smallest absolute Gasteiger partial charge is 0.251 e. The van der Waals surface area contributed by atoms with Gasteiger partial charge < -0.3 is 0 Å². The molecule has 0 heterocycles. The van der Waals surface area contributed by atoms with Gasteiger partial charge in [0.2, 0.25) is 0 Å². The predicted molar refractivity (Wildman–Crippen MR) is 27.4 cm³/mol. The van der Waals surface area contributed by atoms with Gasteiger partial charge in [0.15, 0.2) is 0 Å². The van der Waals surface area contributed by atoms with Crippen LogP contribution in [0.4, 0.5) is 9.59 Å². The lowest BCUT2D eigenvalue weighted by Crippen LogP contribution is -1.74. The van der Waals surface area contributed by atoms with Crippen molar-refractivity contribution < 1.29 is 9.59 Å². The molecule has 0 aliphatic heterocycles. The molecule has 0 bridgehead atoms. The molecule has 4 nitrogen and oxygen atoms in total. The molecule has 0 rings (SSSR count). The van der Waals surface area contributed by atoms with E-state index >= 15 is 0 Å². The summed E-state index contributed by atoms with van der Waals surface area (Å²) in [7, 11) is 0. The topological polar surface area (TPSA) is 58.9 Å². The number of azo groups is 1. The highest BCUT2D eigenvalue weighted by Crippen LogP contribution is 1.90. The molecule has 0 aromatic heterocycles. The Labute approximate surface area is 54.5 Å². The van der Waals surface area contributed by atoms with Crippen LogP contribution in [-0.2, 0) is 0 Å². The number of hydrogen-bond acceptors (Lipinski definition) is 2. The summed E-state index contributed by atoms with van der Waals surface area (Å²) in [6, 6.07) is 0. The molecule has 0 aromatic carbocycles. The maximum absolute atomic E-state index is 9.64. The molecule has 8 heavy (non-hydrogen) atoms. The summed E-state index contributed by atoms with van der Waals surface area (Å²) >= 11 is 9.22. The predicted octanol–water partition coefficient (Wildman–Crippen LogP) is 2.16. The van der Waals surface area contributed by atoms with Crippen molar-refractivity contribution in [3.05, 3.63) is 0 Å². The average Bonchev–Trinajstić information content (AvgIpc) is 1.61. The summed E-state index contributed by atoms with van der Waals surface area (Å²) in [6.07, 6.45) is 0. The Hall–Kier alpha value is -0.480. The van der Waals surface area contributed by atoms with Crippen molar-refractivity contribution in [3.8, 4) is 0 Å². The van der Waals surface area contributed by atoms with Crippen LogP contribution in [0.2, 0.25) is 0 Å². The monoisotopic (exact) mass is 154 g/mol. The normalized spacial score (nSPS) is 9.75.